The number of benzene rings is 2. The molecule has 216 valence electrons. The summed E-state index contributed by atoms with van der Waals surface area (Å²) in [6.45, 7) is 8.39. The molecule has 3 aromatic rings. The average molecular weight is 560 g/mol. The van der Waals surface area contributed by atoms with E-state index in [0.29, 0.717) is 37.0 Å². The molecule has 5 rings (SSSR count). The lowest BCUT2D eigenvalue weighted by Gasteiger charge is -2.35. The van der Waals surface area contributed by atoms with Gasteiger partial charge in [0, 0.05) is 50.2 Å². The van der Waals surface area contributed by atoms with E-state index in [1.165, 1.54) is 12.1 Å². The van der Waals surface area contributed by atoms with Gasteiger partial charge in [-0.25, -0.2) is 9.07 Å². The van der Waals surface area contributed by atoms with E-state index in [9.17, 15) is 14.0 Å². The summed E-state index contributed by atoms with van der Waals surface area (Å²) in [5, 5.41) is 10.8. The molecule has 0 radical (unpaired) electrons. The Kier molecular flexibility index (Phi) is 9.21. The van der Waals surface area contributed by atoms with Crippen molar-refractivity contribution in [1.29, 1.82) is 0 Å². The van der Waals surface area contributed by atoms with Crippen LogP contribution in [0.4, 0.5) is 4.39 Å². The molecule has 1 saturated carbocycles. The second-order valence-electron chi connectivity index (χ2n) is 10.9. The predicted molar refractivity (Wildman–Crippen MR) is 155 cm³/mol. The first-order valence-corrected chi connectivity index (χ1v) is 14.3. The SMILES string of the molecule is C=CCN(CCC[C@@H](NC(=O)c1ccc(-n2ccnn2)cc1)C(=O)N1CCN(C)CC1)[C@@H]1C[C@H]1c1ccc(F)cc1. The number of hydrogen-bond acceptors (Lipinski definition) is 6. The average Bonchev–Trinajstić information content (AvgIpc) is 3.59. The molecule has 3 atom stereocenters. The fourth-order valence-corrected chi connectivity index (χ4v) is 5.57. The summed E-state index contributed by atoms with van der Waals surface area (Å²) in [7, 11) is 2.05. The summed E-state index contributed by atoms with van der Waals surface area (Å²) < 4.78 is 15.0. The highest BCUT2D eigenvalue weighted by molar-refractivity contribution is 5.97. The molecule has 2 aromatic carbocycles. The number of piperazine rings is 1. The quantitative estimate of drug-likeness (QED) is 0.343. The van der Waals surface area contributed by atoms with Crippen LogP contribution in [0.15, 0.2) is 73.6 Å². The van der Waals surface area contributed by atoms with E-state index in [1.807, 2.05) is 23.1 Å². The summed E-state index contributed by atoms with van der Waals surface area (Å²) in [6, 6.07) is 13.6. The van der Waals surface area contributed by atoms with Crippen LogP contribution < -0.4 is 5.32 Å². The number of aromatic nitrogens is 3. The Morgan fingerprint density at radius 3 is 2.51 bits per heavy atom. The van der Waals surface area contributed by atoms with Crippen molar-refractivity contribution in [3.8, 4) is 5.69 Å². The molecule has 2 aliphatic rings. The van der Waals surface area contributed by atoms with Crippen LogP contribution in [0.2, 0.25) is 0 Å². The van der Waals surface area contributed by atoms with Gasteiger partial charge in [0.15, 0.2) is 0 Å². The molecule has 2 fully saturated rings. The van der Waals surface area contributed by atoms with Crippen LogP contribution in [-0.2, 0) is 4.79 Å². The van der Waals surface area contributed by atoms with E-state index in [4.69, 9.17) is 0 Å². The number of halogens is 1. The number of likely N-dealkylation sites (N-methyl/N-ethyl adjacent to an activating group) is 1. The Morgan fingerprint density at radius 2 is 1.85 bits per heavy atom. The Labute approximate surface area is 240 Å². The monoisotopic (exact) mass is 559 g/mol. The van der Waals surface area contributed by atoms with Crippen LogP contribution in [0.5, 0.6) is 0 Å². The minimum Gasteiger partial charge on any atom is -0.340 e. The van der Waals surface area contributed by atoms with Gasteiger partial charge in [-0.05, 0) is 74.8 Å². The highest BCUT2D eigenvalue weighted by Crippen LogP contribution is 2.44. The van der Waals surface area contributed by atoms with Crippen molar-refractivity contribution in [2.75, 3.05) is 46.3 Å². The Balaban J connectivity index is 1.22. The molecule has 0 bridgehead atoms. The molecule has 1 N–H and O–H groups in total. The number of carbonyl (C=O) groups is 2. The molecule has 2 amide bonds. The van der Waals surface area contributed by atoms with Crippen LogP contribution in [0.3, 0.4) is 0 Å². The zero-order chi connectivity index (χ0) is 28.8. The molecule has 1 aromatic heterocycles. The van der Waals surface area contributed by atoms with Crippen LogP contribution in [0, 0.1) is 5.82 Å². The third-order valence-corrected chi connectivity index (χ3v) is 8.06. The second-order valence-corrected chi connectivity index (χ2v) is 10.9. The van der Waals surface area contributed by atoms with Gasteiger partial charge in [0.1, 0.15) is 11.9 Å². The summed E-state index contributed by atoms with van der Waals surface area (Å²) in [5.74, 6) is -0.155. The third kappa shape index (κ3) is 7.25. The smallest absolute Gasteiger partial charge is 0.251 e. The van der Waals surface area contributed by atoms with E-state index < -0.39 is 6.04 Å². The molecule has 41 heavy (non-hydrogen) atoms. The van der Waals surface area contributed by atoms with Crippen molar-refractivity contribution in [1.82, 2.24) is 35.0 Å². The maximum Gasteiger partial charge on any atom is 0.251 e. The fourth-order valence-electron chi connectivity index (χ4n) is 5.57. The second kappa shape index (κ2) is 13.2. The van der Waals surface area contributed by atoms with E-state index in [2.05, 4.69) is 39.1 Å². The van der Waals surface area contributed by atoms with Gasteiger partial charge >= 0.3 is 0 Å². The van der Waals surface area contributed by atoms with Crippen LogP contribution in [0.25, 0.3) is 5.69 Å². The molecule has 0 unspecified atom stereocenters. The normalized spacial score (nSPS) is 19.6. The number of amides is 2. The van der Waals surface area contributed by atoms with Crippen molar-refractivity contribution in [3.05, 3.63) is 90.5 Å². The summed E-state index contributed by atoms with van der Waals surface area (Å²) in [4.78, 5) is 33.3. The van der Waals surface area contributed by atoms with E-state index in [-0.39, 0.29) is 17.6 Å². The summed E-state index contributed by atoms with van der Waals surface area (Å²) in [5.41, 5.74) is 2.43. The lowest BCUT2D eigenvalue weighted by Crippen LogP contribution is -2.54. The molecule has 2 heterocycles. The fraction of sp³-hybridized carbons (Fsp3) is 0.419. The maximum atomic E-state index is 13.6. The summed E-state index contributed by atoms with van der Waals surface area (Å²) >= 11 is 0. The number of nitrogens with zero attached hydrogens (tertiary/aromatic N) is 6. The van der Waals surface area contributed by atoms with Crippen LogP contribution in [-0.4, -0.2) is 99.9 Å². The maximum absolute atomic E-state index is 13.6. The minimum atomic E-state index is -0.612. The Hall–Kier alpha value is -3.89. The van der Waals surface area contributed by atoms with Gasteiger partial charge in [-0.2, -0.15) is 0 Å². The molecular formula is C31H38FN7O2. The first-order chi connectivity index (χ1) is 19.9. The van der Waals surface area contributed by atoms with Crippen molar-refractivity contribution >= 4 is 11.8 Å². The predicted octanol–water partition coefficient (Wildman–Crippen LogP) is 3.10. The van der Waals surface area contributed by atoms with Crippen molar-refractivity contribution in [2.24, 2.45) is 0 Å². The van der Waals surface area contributed by atoms with Crippen molar-refractivity contribution < 1.29 is 14.0 Å². The number of carbonyl (C=O) groups excluding carboxylic acids is 2. The highest BCUT2D eigenvalue weighted by atomic mass is 19.1. The lowest BCUT2D eigenvalue weighted by atomic mass is 10.1. The van der Waals surface area contributed by atoms with Crippen molar-refractivity contribution in [3.63, 3.8) is 0 Å². The molecule has 1 aliphatic carbocycles. The largest absolute Gasteiger partial charge is 0.340 e. The minimum absolute atomic E-state index is 0.0310. The van der Waals surface area contributed by atoms with Gasteiger partial charge in [0.05, 0.1) is 18.1 Å². The van der Waals surface area contributed by atoms with Gasteiger partial charge in [-0.3, -0.25) is 14.5 Å². The Bertz CT molecular complexity index is 1310. The zero-order valence-corrected chi connectivity index (χ0v) is 23.5. The molecular weight excluding hydrogens is 521 g/mol. The first kappa shape index (κ1) is 28.6. The van der Waals surface area contributed by atoms with Crippen molar-refractivity contribution in [2.45, 2.75) is 37.3 Å². The van der Waals surface area contributed by atoms with E-state index >= 15 is 0 Å². The molecule has 1 aliphatic heterocycles. The van der Waals surface area contributed by atoms with Gasteiger partial charge in [0.2, 0.25) is 5.91 Å². The van der Waals surface area contributed by atoms with Crippen LogP contribution >= 0.6 is 0 Å². The van der Waals surface area contributed by atoms with E-state index in [0.717, 1.165) is 50.3 Å². The third-order valence-electron chi connectivity index (χ3n) is 8.06. The number of nitrogens with one attached hydrogen (secondary N) is 1. The van der Waals surface area contributed by atoms with Gasteiger partial charge < -0.3 is 15.1 Å². The molecule has 9 nitrogen and oxygen atoms in total. The topological polar surface area (TPSA) is 86.6 Å². The van der Waals surface area contributed by atoms with Gasteiger partial charge in [0.25, 0.3) is 5.91 Å². The highest BCUT2D eigenvalue weighted by Gasteiger charge is 2.42. The van der Waals surface area contributed by atoms with Gasteiger partial charge in [-0.15, -0.1) is 11.7 Å². The van der Waals surface area contributed by atoms with Crippen LogP contribution in [0.1, 0.15) is 41.1 Å². The molecule has 0 spiro atoms. The number of hydrogen-bond donors (Lipinski definition) is 1. The lowest BCUT2D eigenvalue weighted by molar-refractivity contribution is -0.135. The summed E-state index contributed by atoms with van der Waals surface area (Å²) in [6.07, 6.45) is 7.53. The van der Waals surface area contributed by atoms with E-state index in [1.54, 1.807) is 41.3 Å². The first-order valence-electron chi connectivity index (χ1n) is 14.3. The number of rotatable bonds is 12. The Morgan fingerprint density at radius 1 is 1.12 bits per heavy atom. The van der Waals surface area contributed by atoms with Gasteiger partial charge in [-0.1, -0.05) is 23.4 Å². The molecule has 1 saturated heterocycles. The standard InChI is InChI=1S/C31H38FN7O2/c1-3-15-37(29-22-27(29)23-6-10-25(32)11-7-23)16-4-5-28(31(41)38-20-18-36(2)19-21-38)34-30(40)24-8-12-26(13-9-24)39-17-14-33-35-39/h3,6-14,17,27-29H,1,4-5,15-16,18-22H2,2H3,(H,34,40)/t27-,28+,29+/m0/s1. The molecule has 10 heteroatoms. The zero-order valence-electron chi connectivity index (χ0n) is 23.5.